The number of aromatic nitrogens is 1. The molecule has 1 atom stereocenters. The summed E-state index contributed by atoms with van der Waals surface area (Å²) in [5, 5.41) is 9.52. The Balaban J connectivity index is 2.00. The van der Waals surface area contributed by atoms with Crippen LogP contribution in [-0.2, 0) is 13.7 Å². The number of aliphatic hydroxyl groups is 1. The minimum Gasteiger partial charge on any atom is -0.392 e. The third-order valence-electron chi connectivity index (χ3n) is 4.70. The Morgan fingerprint density at radius 1 is 1.14 bits per heavy atom. The molecule has 0 saturated heterocycles. The number of ketones is 1. The maximum Gasteiger partial charge on any atom is 0.250 e. The molecule has 1 unspecified atom stereocenters. The van der Waals surface area contributed by atoms with E-state index in [0.29, 0.717) is 11.1 Å². The second kappa shape index (κ2) is 8.50. The van der Waals surface area contributed by atoms with Crippen LogP contribution in [0.25, 0.3) is 0 Å². The van der Waals surface area contributed by atoms with Crippen molar-refractivity contribution < 1.29 is 14.3 Å². The molecule has 0 bridgehead atoms. The number of benzene rings is 2. The Labute approximate surface area is 166 Å². The lowest BCUT2D eigenvalue weighted by Gasteiger charge is -2.19. The van der Waals surface area contributed by atoms with Gasteiger partial charge in [-0.05, 0) is 34.9 Å². The minimum atomic E-state index is -0.533. The molecule has 6 heteroatoms. The fourth-order valence-electron chi connectivity index (χ4n) is 3.11. The molecule has 0 aliphatic heterocycles. The van der Waals surface area contributed by atoms with Crippen molar-refractivity contribution in [3.63, 3.8) is 0 Å². The van der Waals surface area contributed by atoms with E-state index in [-0.39, 0.29) is 29.4 Å². The number of carbonyl (C=O) groups is 1. The third-order valence-corrected chi connectivity index (χ3v) is 4.93. The predicted molar refractivity (Wildman–Crippen MR) is 106 cm³/mol. The van der Waals surface area contributed by atoms with Gasteiger partial charge in [0.05, 0.1) is 6.61 Å². The standard InChI is InChI=1S/C22H19ClFNO3/c1-25-12-16(6-9-22(25)28)21(27)11-19(15-4-2-14(13-26)3-5-15)18-8-7-17(23)10-20(18)24/h2-10,12,19,26H,11,13H2,1H3. The van der Waals surface area contributed by atoms with Crippen LogP contribution in [0.2, 0.25) is 5.02 Å². The Morgan fingerprint density at radius 3 is 2.46 bits per heavy atom. The monoisotopic (exact) mass is 399 g/mol. The lowest BCUT2D eigenvalue weighted by molar-refractivity contribution is 0.0976. The first-order chi connectivity index (χ1) is 13.4. The number of rotatable bonds is 6. The molecule has 0 aliphatic carbocycles. The van der Waals surface area contributed by atoms with Crippen LogP contribution in [0, 0.1) is 5.82 Å². The van der Waals surface area contributed by atoms with Gasteiger partial charge in [0, 0.05) is 42.2 Å². The first-order valence-electron chi connectivity index (χ1n) is 8.73. The van der Waals surface area contributed by atoms with Gasteiger partial charge >= 0.3 is 0 Å². The second-order valence-electron chi connectivity index (χ2n) is 6.61. The number of Topliss-reactive ketones (excluding diaryl/α,β-unsaturated/α-hetero) is 1. The quantitative estimate of drug-likeness (QED) is 0.635. The molecule has 28 heavy (non-hydrogen) atoms. The summed E-state index contributed by atoms with van der Waals surface area (Å²) in [5.74, 6) is -1.23. The van der Waals surface area contributed by atoms with Gasteiger partial charge in [0.1, 0.15) is 5.82 Å². The molecule has 3 aromatic rings. The largest absolute Gasteiger partial charge is 0.392 e. The van der Waals surface area contributed by atoms with Crippen molar-refractivity contribution in [2.45, 2.75) is 18.9 Å². The number of nitrogens with zero attached hydrogens (tertiary/aromatic N) is 1. The smallest absolute Gasteiger partial charge is 0.250 e. The van der Waals surface area contributed by atoms with Crippen molar-refractivity contribution in [1.82, 2.24) is 4.57 Å². The Morgan fingerprint density at radius 2 is 1.86 bits per heavy atom. The molecule has 2 aromatic carbocycles. The lowest BCUT2D eigenvalue weighted by Crippen LogP contribution is -2.18. The molecule has 4 nitrogen and oxygen atoms in total. The SMILES string of the molecule is Cn1cc(C(=O)CC(c2ccc(CO)cc2)c2ccc(Cl)cc2F)ccc1=O. The van der Waals surface area contributed by atoms with Crippen molar-refractivity contribution in [2.75, 3.05) is 0 Å². The van der Waals surface area contributed by atoms with Crippen LogP contribution in [0.1, 0.15) is 39.4 Å². The van der Waals surface area contributed by atoms with Gasteiger partial charge in [-0.1, -0.05) is 41.9 Å². The van der Waals surface area contributed by atoms with Crippen LogP contribution in [-0.4, -0.2) is 15.5 Å². The van der Waals surface area contributed by atoms with E-state index in [2.05, 4.69) is 0 Å². The summed E-state index contributed by atoms with van der Waals surface area (Å²) >= 11 is 5.87. The number of pyridine rings is 1. The summed E-state index contributed by atoms with van der Waals surface area (Å²) in [6.07, 6.45) is 1.50. The number of aliphatic hydroxyl groups excluding tert-OH is 1. The van der Waals surface area contributed by atoms with E-state index in [1.165, 1.54) is 29.0 Å². The average molecular weight is 400 g/mol. The zero-order valence-electron chi connectivity index (χ0n) is 15.2. The summed E-state index contributed by atoms with van der Waals surface area (Å²) in [4.78, 5) is 24.4. The Kier molecular flexibility index (Phi) is 6.07. The van der Waals surface area contributed by atoms with E-state index in [0.717, 1.165) is 11.1 Å². The van der Waals surface area contributed by atoms with Crippen molar-refractivity contribution in [1.29, 1.82) is 0 Å². The van der Waals surface area contributed by atoms with Crippen LogP contribution in [0.4, 0.5) is 4.39 Å². The van der Waals surface area contributed by atoms with Crippen LogP contribution in [0.5, 0.6) is 0 Å². The van der Waals surface area contributed by atoms with Gasteiger partial charge in [0.25, 0.3) is 0 Å². The summed E-state index contributed by atoms with van der Waals surface area (Å²) in [7, 11) is 1.57. The van der Waals surface area contributed by atoms with E-state index in [1.54, 1.807) is 43.4 Å². The summed E-state index contributed by atoms with van der Waals surface area (Å²) in [6.45, 7) is -0.1000. The molecule has 1 heterocycles. The molecular formula is C22H19ClFNO3. The Bertz CT molecular complexity index is 1060. The molecule has 3 rings (SSSR count). The predicted octanol–water partition coefficient (Wildman–Crippen LogP) is 4.08. The molecule has 0 amide bonds. The highest BCUT2D eigenvalue weighted by molar-refractivity contribution is 6.30. The number of aryl methyl sites for hydroxylation is 1. The van der Waals surface area contributed by atoms with Gasteiger partial charge in [0.15, 0.2) is 5.78 Å². The van der Waals surface area contributed by atoms with Crippen LogP contribution < -0.4 is 5.56 Å². The molecule has 0 spiro atoms. The lowest BCUT2D eigenvalue weighted by atomic mass is 9.85. The van der Waals surface area contributed by atoms with Crippen LogP contribution in [0.3, 0.4) is 0 Å². The highest BCUT2D eigenvalue weighted by atomic mass is 35.5. The van der Waals surface area contributed by atoms with Crippen molar-refractivity contribution in [3.05, 3.63) is 104 Å². The first-order valence-corrected chi connectivity index (χ1v) is 9.11. The second-order valence-corrected chi connectivity index (χ2v) is 7.05. The molecule has 1 aromatic heterocycles. The summed E-state index contributed by atoms with van der Waals surface area (Å²) in [5.41, 5.74) is 2.00. The molecule has 0 fully saturated rings. The van der Waals surface area contributed by atoms with E-state index >= 15 is 0 Å². The first kappa shape index (κ1) is 20.0. The topological polar surface area (TPSA) is 59.3 Å². The number of hydrogen-bond acceptors (Lipinski definition) is 3. The highest BCUT2D eigenvalue weighted by Gasteiger charge is 2.22. The number of halogens is 2. The molecule has 0 saturated carbocycles. The van der Waals surface area contributed by atoms with E-state index < -0.39 is 11.7 Å². The van der Waals surface area contributed by atoms with E-state index in [1.807, 2.05) is 0 Å². The van der Waals surface area contributed by atoms with E-state index in [4.69, 9.17) is 11.6 Å². The highest BCUT2D eigenvalue weighted by Crippen LogP contribution is 2.32. The average Bonchev–Trinajstić information content (AvgIpc) is 2.68. The van der Waals surface area contributed by atoms with Gasteiger partial charge in [-0.2, -0.15) is 0 Å². The van der Waals surface area contributed by atoms with Gasteiger partial charge in [0.2, 0.25) is 5.56 Å². The normalized spacial score (nSPS) is 12.0. The number of hydrogen-bond donors (Lipinski definition) is 1. The van der Waals surface area contributed by atoms with Gasteiger partial charge in [-0.3, -0.25) is 9.59 Å². The maximum atomic E-state index is 14.6. The van der Waals surface area contributed by atoms with Crippen LogP contribution in [0.15, 0.2) is 65.6 Å². The zero-order chi connectivity index (χ0) is 20.3. The van der Waals surface area contributed by atoms with Gasteiger partial charge in [-0.25, -0.2) is 4.39 Å². The summed E-state index contributed by atoms with van der Waals surface area (Å²) < 4.78 is 16.0. The molecular weight excluding hydrogens is 381 g/mol. The summed E-state index contributed by atoms with van der Waals surface area (Å²) in [6, 6.07) is 14.2. The number of carbonyl (C=O) groups excluding carboxylic acids is 1. The molecule has 144 valence electrons. The maximum absolute atomic E-state index is 14.6. The zero-order valence-corrected chi connectivity index (χ0v) is 16.0. The van der Waals surface area contributed by atoms with Gasteiger partial charge in [-0.15, -0.1) is 0 Å². The van der Waals surface area contributed by atoms with Gasteiger partial charge < -0.3 is 9.67 Å². The van der Waals surface area contributed by atoms with Crippen molar-refractivity contribution in [3.8, 4) is 0 Å². The minimum absolute atomic E-state index is 0.0230. The van der Waals surface area contributed by atoms with Crippen molar-refractivity contribution in [2.24, 2.45) is 7.05 Å². The fraction of sp³-hybridized carbons (Fsp3) is 0.182. The Hall–Kier alpha value is -2.76. The van der Waals surface area contributed by atoms with E-state index in [9.17, 15) is 19.1 Å². The fourth-order valence-corrected chi connectivity index (χ4v) is 3.27. The molecule has 0 radical (unpaired) electrons. The van der Waals surface area contributed by atoms with Crippen LogP contribution >= 0.6 is 11.6 Å². The molecule has 1 N–H and O–H groups in total. The van der Waals surface area contributed by atoms with Crippen molar-refractivity contribution >= 4 is 17.4 Å². The molecule has 0 aliphatic rings. The third kappa shape index (κ3) is 4.38.